The minimum Gasteiger partial charge on any atom is -0.449 e. The van der Waals surface area contributed by atoms with Gasteiger partial charge in [0.25, 0.3) is 0 Å². The summed E-state index contributed by atoms with van der Waals surface area (Å²) >= 11 is 0. The molecule has 0 radical (unpaired) electrons. The molecule has 0 bridgehead atoms. The maximum atomic E-state index is 15.1. The number of carbonyl (C=O) groups is 1. The molecule has 3 fully saturated rings. The third-order valence-electron chi connectivity index (χ3n) is 6.28. The highest BCUT2D eigenvalue weighted by atomic mass is 19.1. The van der Waals surface area contributed by atoms with Crippen LogP contribution in [0.15, 0.2) is 30.3 Å². The number of likely N-dealkylation sites (tertiary alicyclic amines) is 1. The van der Waals surface area contributed by atoms with Crippen molar-refractivity contribution in [3.63, 3.8) is 0 Å². The van der Waals surface area contributed by atoms with Crippen molar-refractivity contribution in [2.45, 2.75) is 56.2 Å². The highest BCUT2D eigenvalue weighted by molar-refractivity contribution is 5.67. The van der Waals surface area contributed by atoms with E-state index in [9.17, 15) is 4.79 Å². The van der Waals surface area contributed by atoms with Gasteiger partial charge in [0.1, 0.15) is 5.67 Å². The number of hydrogen-bond acceptors (Lipinski definition) is 3. The molecule has 1 aromatic rings. The predicted octanol–water partition coefficient (Wildman–Crippen LogP) is 3.87. The van der Waals surface area contributed by atoms with Crippen molar-refractivity contribution in [3.8, 4) is 0 Å². The summed E-state index contributed by atoms with van der Waals surface area (Å²) in [6.07, 6.45) is 5.17. The van der Waals surface area contributed by atoms with E-state index in [0.29, 0.717) is 57.0 Å². The van der Waals surface area contributed by atoms with Gasteiger partial charge in [-0.15, -0.1) is 0 Å². The van der Waals surface area contributed by atoms with Gasteiger partial charge in [-0.25, -0.2) is 9.18 Å². The number of carbonyl (C=O) groups excluding carboxylic acids is 1. The monoisotopic (exact) mass is 360 g/mol. The Hall–Kier alpha value is -1.62. The lowest BCUT2D eigenvalue weighted by Gasteiger charge is -2.36. The van der Waals surface area contributed by atoms with E-state index >= 15 is 4.39 Å². The van der Waals surface area contributed by atoms with Crippen molar-refractivity contribution >= 4 is 6.09 Å². The summed E-state index contributed by atoms with van der Waals surface area (Å²) in [4.78, 5) is 13.8. The summed E-state index contributed by atoms with van der Waals surface area (Å²) in [5, 5.41) is 3.41. The molecule has 4 rings (SSSR count). The Morgan fingerprint density at radius 2 is 1.96 bits per heavy atom. The number of piperidine rings is 1. The first kappa shape index (κ1) is 17.8. The molecule has 3 aliphatic rings. The molecule has 2 unspecified atom stereocenters. The number of halogens is 1. The number of hydrogen-bond donors (Lipinski definition) is 1. The van der Waals surface area contributed by atoms with Crippen LogP contribution in [0.4, 0.5) is 9.18 Å². The first-order valence-corrected chi connectivity index (χ1v) is 10.0. The summed E-state index contributed by atoms with van der Waals surface area (Å²) in [5.74, 6) is 1.06. The van der Waals surface area contributed by atoms with E-state index in [1.165, 1.54) is 12.0 Å². The highest BCUT2D eigenvalue weighted by Gasteiger charge is 2.42. The van der Waals surface area contributed by atoms with Crippen LogP contribution in [0, 0.1) is 5.92 Å². The number of amides is 1. The fourth-order valence-corrected chi connectivity index (χ4v) is 4.01. The molecule has 4 nitrogen and oxygen atoms in total. The van der Waals surface area contributed by atoms with Crippen LogP contribution in [0.3, 0.4) is 0 Å². The molecule has 2 saturated carbocycles. The third kappa shape index (κ3) is 4.20. The Morgan fingerprint density at radius 3 is 2.62 bits per heavy atom. The van der Waals surface area contributed by atoms with Crippen molar-refractivity contribution in [2.75, 3.05) is 26.2 Å². The molecule has 0 spiro atoms. The Balaban J connectivity index is 1.17. The molecule has 5 heteroatoms. The van der Waals surface area contributed by atoms with E-state index in [1.807, 2.05) is 6.07 Å². The van der Waals surface area contributed by atoms with Crippen molar-refractivity contribution in [1.29, 1.82) is 0 Å². The molecule has 142 valence electrons. The summed E-state index contributed by atoms with van der Waals surface area (Å²) in [6.45, 7) is 1.81. The fourth-order valence-electron chi connectivity index (χ4n) is 4.01. The second kappa shape index (κ2) is 7.55. The Bertz CT molecular complexity index is 612. The van der Waals surface area contributed by atoms with Gasteiger partial charge in [0.15, 0.2) is 0 Å². The van der Waals surface area contributed by atoms with Gasteiger partial charge in [0.05, 0.1) is 6.61 Å². The Kier molecular flexibility index (Phi) is 5.16. The van der Waals surface area contributed by atoms with Gasteiger partial charge in [-0.05, 0) is 30.7 Å². The maximum absolute atomic E-state index is 15.1. The molecule has 1 saturated heterocycles. The number of rotatable bonds is 6. The average Bonchev–Trinajstić information content (AvgIpc) is 3.40. The average molecular weight is 360 g/mol. The van der Waals surface area contributed by atoms with Crippen LogP contribution in [-0.2, 0) is 4.74 Å². The van der Waals surface area contributed by atoms with E-state index in [2.05, 4.69) is 29.6 Å². The van der Waals surface area contributed by atoms with Crippen molar-refractivity contribution in [2.24, 2.45) is 5.92 Å². The smallest absolute Gasteiger partial charge is 0.409 e. The van der Waals surface area contributed by atoms with E-state index in [1.54, 1.807) is 4.90 Å². The van der Waals surface area contributed by atoms with Gasteiger partial charge in [0, 0.05) is 44.4 Å². The number of nitrogens with zero attached hydrogens (tertiary/aromatic N) is 1. The molecular formula is C21H29FN2O2. The largest absolute Gasteiger partial charge is 0.449 e. The van der Waals surface area contributed by atoms with Gasteiger partial charge in [0.2, 0.25) is 0 Å². The molecule has 1 aromatic carbocycles. The molecule has 2 atom stereocenters. The van der Waals surface area contributed by atoms with E-state index in [4.69, 9.17) is 4.74 Å². The van der Waals surface area contributed by atoms with Crippen LogP contribution in [0.2, 0.25) is 0 Å². The van der Waals surface area contributed by atoms with Crippen LogP contribution in [0.5, 0.6) is 0 Å². The third-order valence-corrected chi connectivity index (χ3v) is 6.28. The molecule has 2 aliphatic carbocycles. The summed E-state index contributed by atoms with van der Waals surface area (Å²) in [5.41, 5.74) is 0.121. The zero-order valence-electron chi connectivity index (χ0n) is 15.3. The number of alkyl halides is 1. The SMILES string of the molecule is O=C(OCC1CCC1)N1CCC(F)(CNC2CC2c2ccccc2)CC1. The standard InChI is InChI=1S/C21H29FN2O2/c22-21(15-23-19-13-18(19)17-7-2-1-3-8-17)9-11-24(12-10-21)20(25)26-14-16-5-4-6-16/h1-3,7-8,16,18-19,23H,4-6,9-15H2. The summed E-state index contributed by atoms with van der Waals surface area (Å²) < 4.78 is 20.4. The van der Waals surface area contributed by atoms with Crippen LogP contribution in [-0.4, -0.2) is 48.9 Å². The highest BCUT2D eigenvalue weighted by Crippen LogP contribution is 2.41. The number of nitrogens with one attached hydrogen (secondary N) is 1. The molecule has 1 heterocycles. The summed E-state index contributed by atoms with van der Waals surface area (Å²) in [6, 6.07) is 10.8. The Morgan fingerprint density at radius 1 is 1.23 bits per heavy atom. The van der Waals surface area contributed by atoms with Crippen LogP contribution < -0.4 is 5.32 Å². The van der Waals surface area contributed by atoms with E-state index in [-0.39, 0.29) is 6.09 Å². The van der Waals surface area contributed by atoms with Crippen molar-refractivity contribution in [3.05, 3.63) is 35.9 Å². The zero-order valence-corrected chi connectivity index (χ0v) is 15.3. The summed E-state index contributed by atoms with van der Waals surface area (Å²) in [7, 11) is 0. The molecular weight excluding hydrogens is 331 g/mol. The predicted molar refractivity (Wildman–Crippen MR) is 98.9 cm³/mol. The van der Waals surface area contributed by atoms with Crippen LogP contribution in [0.25, 0.3) is 0 Å². The quantitative estimate of drug-likeness (QED) is 0.837. The first-order valence-electron chi connectivity index (χ1n) is 10.0. The van der Waals surface area contributed by atoms with Gasteiger partial charge in [-0.2, -0.15) is 0 Å². The first-order chi connectivity index (χ1) is 12.6. The topological polar surface area (TPSA) is 41.6 Å². The molecule has 1 aliphatic heterocycles. The lowest BCUT2D eigenvalue weighted by atomic mass is 9.86. The molecule has 26 heavy (non-hydrogen) atoms. The van der Waals surface area contributed by atoms with Gasteiger partial charge in [-0.3, -0.25) is 0 Å². The second-order valence-electron chi connectivity index (χ2n) is 8.25. The van der Waals surface area contributed by atoms with E-state index < -0.39 is 5.67 Å². The molecule has 1 N–H and O–H groups in total. The second-order valence-corrected chi connectivity index (χ2v) is 8.25. The van der Waals surface area contributed by atoms with Gasteiger partial charge in [-0.1, -0.05) is 36.8 Å². The van der Waals surface area contributed by atoms with Crippen LogP contribution >= 0.6 is 0 Å². The number of benzene rings is 1. The van der Waals surface area contributed by atoms with Crippen molar-refractivity contribution in [1.82, 2.24) is 10.2 Å². The normalized spacial score (nSPS) is 27.7. The number of ether oxygens (including phenoxy) is 1. The molecule has 1 amide bonds. The minimum atomic E-state index is -1.21. The fraction of sp³-hybridized carbons (Fsp3) is 0.667. The lowest BCUT2D eigenvalue weighted by molar-refractivity contribution is 0.0325. The van der Waals surface area contributed by atoms with E-state index in [0.717, 1.165) is 19.3 Å². The van der Waals surface area contributed by atoms with Gasteiger partial charge < -0.3 is 15.0 Å². The molecule has 0 aromatic heterocycles. The minimum absolute atomic E-state index is 0.266. The Labute approximate surface area is 155 Å². The maximum Gasteiger partial charge on any atom is 0.409 e. The lowest BCUT2D eigenvalue weighted by Crippen LogP contribution is -2.49. The van der Waals surface area contributed by atoms with Crippen LogP contribution in [0.1, 0.15) is 50.0 Å². The zero-order chi connectivity index (χ0) is 18.0. The van der Waals surface area contributed by atoms with Crippen molar-refractivity contribution < 1.29 is 13.9 Å². The van der Waals surface area contributed by atoms with Gasteiger partial charge >= 0.3 is 6.09 Å².